The van der Waals surface area contributed by atoms with Crippen molar-refractivity contribution in [3.63, 3.8) is 0 Å². The number of rotatable bonds is 6. The van der Waals surface area contributed by atoms with Crippen LogP contribution in [-0.4, -0.2) is 32.6 Å². The standard InChI is InChI=1S/C18H20N4OS/c1-3-22-16(9-10-19-22)12-21(2)17(23)11-15-13-24-18(20-15)14-7-5-4-6-8-14/h4-10,13H,3,11-12H2,1-2H3. The van der Waals surface area contributed by atoms with Gasteiger partial charge in [-0.2, -0.15) is 5.10 Å². The number of thiazole rings is 1. The van der Waals surface area contributed by atoms with Crippen LogP contribution in [0.5, 0.6) is 0 Å². The number of hydrogen-bond donors (Lipinski definition) is 0. The molecule has 2 heterocycles. The third kappa shape index (κ3) is 3.71. The first kappa shape index (κ1) is 16.4. The monoisotopic (exact) mass is 340 g/mol. The topological polar surface area (TPSA) is 51.0 Å². The summed E-state index contributed by atoms with van der Waals surface area (Å²) >= 11 is 1.57. The highest BCUT2D eigenvalue weighted by Gasteiger charge is 2.14. The lowest BCUT2D eigenvalue weighted by Gasteiger charge is -2.17. The van der Waals surface area contributed by atoms with E-state index in [1.165, 1.54) is 0 Å². The fraction of sp³-hybridized carbons (Fsp3) is 0.278. The van der Waals surface area contributed by atoms with E-state index in [1.807, 2.05) is 60.4 Å². The van der Waals surface area contributed by atoms with Gasteiger partial charge in [0.05, 0.1) is 24.4 Å². The number of carbonyl (C=O) groups excluding carboxylic acids is 1. The summed E-state index contributed by atoms with van der Waals surface area (Å²) < 4.78 is 1.90. The van der Waals surface area contributed by atoms with Crippen molar-refractivity contribution in [3.05, 3.63) is 59.4 Å². The van der Waals surface area contributed by atoms with E-state index >= 15 is 0 Å². The summed E-state index contributed by atoms with van der Waals surface area (Å²) in [6, 6.07) is 12.0. The molecule has 6 heteroatoms. The first-order chi connectivity index (χ1) is 11.7. The Hall–Kier alpha value is -2.47. The van der Waals surface area contributed by atoms with Gasteiger partial charge in [-0.05, 0) is 13.0 Å². The maximum absolute atomic E-state index is 12.4. The first-order valence-corrected chi connectivity index (χ1v) is 8.80. The van der Waals surface area contributed by atoms with Crippen LogP contribution in [0.4, 0.5) is 0 Å². The minimum Gasteiger partial charge on any atom is -0.340 e. The molecule has 3 rings (SSSR count). The first-order valence-electron chi connectivity index (χ1n) is 7.92. The summed E-state index contributed by atoms with van der Waals surface area (Å²) in [5.74, 6) is 0.0590. The van der Waals surface area contributed by atoms with Crippen molar-refractivity contribution in [2.45, 2.75) is 26.4 Å². The largest absolute Gasteiger partial charge is 0.340 e. The van der Waals surface area contributed by atoms with Gasteiger partial charge < -0.3 is 4.90 Å². The van der Waals surface area contributed by atoms with E-state index in [-0.39, 0.29) is 5.91 Å². The van der Waals surface area contributed by atoms with Gasteiger partial charge in [0.15, 0.2) is 0 Å². The van der Waals surface area contributed by atoms with Crippen molar-refractivity contribution < 1.29 is 4.79 Å². The Morgan fingerprint density at radius 3 is 2.79 bits per heavy atom. The Morgan fingerprint density at radius 1 is 1.25 bits per heavy atom. The van der Waals surface area contributed by atoms with Crippen molar-refractivity contribution in [2.24, 2.45) is 0 Å². The second-order valence-corrected chi connectivity index (χ2v) is 6.43. The lowest BCUT2D eigenvalue weighted by molar-refractivity contribution is -0.129. The number of nitrogens with zero attached hydrogens (tertiary/aromatic N) is 4. The summed E-state index contributed by atoms with van der Waals surface area (Å²) in [6.45, 7) is 3.40. The molecule has 0 spiro atoms. The molecule has 0 aliphatic rings. The Morgan fingerprint density at radius 2 is 2.04 bits per heavy atom. The summed E-state index contributed by atoms with van der Waals surface area (Å²) in [4.78, 5) is 18.8. The third-order valence-electron chi connectivity index (χ3n) is 3.83. The van der Waals surface area contributed by atoms with E-state index in [0.717, 1.165) is 28.5 Å². The van der Waals surface area contributed by atoms with E-state index in [1.54, 1.807) is 22.4 Å². The highest BCUT2D eigenvalue weighted by Crippen LogP contribution is 2.23. The molecule has 1 aromatic carbocycles. The normalized spacial score (nSPS) is 10.8. The number of carbonyl (C=O) groups is 1. The molecule has 0 aliphatic heterocycles. The van der Waals surface area contributed by atoms with E-state index in [2.05, 4.69) is 10.1 Å². The number of aryl methyl sites for hydroxylation is 1. The summed E-state index contributed by atoms with van der Waals surface area (Å²) in [6.07, 6.45) is 2.09. The predicted octanol–water partition coefficient (Wildman–Crippen LogP) is 3.23. The molecule has 5 nitrogen and oxygen atoms in total. The zero-order valence-corrected chi connectivity index (χ0v) is 14.7. The lowest BCUT2D eigenvalue weighted by Crippen LogP contribution is -2.28. The molecule has 0 bridgehead atoms. The highest BCUT2D eigenvalue weighted by molar-refractivity contribution is 7.13. The summed E-state index contributed by atoms with van der Waals surface area (Å²) in [7, 11) is 1.82. The van der Waals surface area contributed by atoms with Gasteiger partial charge in [-0.25, -0.2) is 4.98 Å². The molecule has 0 atom stereocenters. The van der Waals surface area contributed by atoms with Crippen molar-refractivity contribution in [3.8, 4) is 10.6 Å². The molecule has 3 aromatic rings. The van der Waals surface area contributed by atoms with Crippen LogP contribution in [0.15, 0.2) is 48.0 Å². The third-order valence-corrected chi connectivity index (χ3v) is 4.77. The van der Waals surface area contributed by atoms with Crippen LogP contribution in [0.25, 0.3) is 10.6 Å². The Labute approximate surface area is 145 Å². The van der Waals surface area contributed by atoms with Gasteiger partial charge in [0.1, 0.15) is 5.01 Å². The van der Waals surface area contributed by atoms with E-state index < -0.39 is 0 Å². The smallest absolute Gasteiger partial charge is 0.228 e. The quantitative estimate of drug-likeness (QED) is 0.692. The molecular weight excluding hydrogens is 320 g/mol. The molecule has 0 saturated heterocycles. The van der Waals surface area contributed by atoms with Crippen molar-refractivity contribution in [2.75, 3.05) is 7.05 Å². The molecular formula is C18H20N4OS. The molecule has 0 unspecified atom stereocenters. The summed E-state index contributed by atoms with van der Waals surface area (Å²) in [5.41, 5.74) is 2.94. The minimum absolute atomic E-state index is 0.0590. The Bertz CT molecular complexity index is 809. The Balaban J connectivity index is 1.63. The van der Waals surface area contributed by atoms with E-state index in [9.17, 15) is 4.79 Å². The molecule has 0 N–H and O–H groups in total. The molecule has 124 valence electrons. The molecule has 2 aromatic heterocycles. The van der Waals surface area contributed by atoms with Gasteiger partial charge in [0.25, 0.3) is 0 Å². The fourth-order valence-corrected chi connectivity index (χ4v) is 3.33. The van der Waals surface area contributed by atoms with Crippen molar-refractivity contribution >= 4 is 17.2 Å². The Kier molecular flexibility index (Phi) is 5.05. The van der Waals surface area contributed by atoms with Crippen LogP contribution in [0, 0.1) is 0 Å². The van der Waals surface area contributed by atoms with E-state index in [4.69, 9.17) is 0 Å². The highest BCUT2D eigenvalue weighted by atomic mass is 32.1. The predicted molar refractivity (Wildman–Crippen MR) is 95.6 cm³/mol. The number of benzene rings is 1. The fourth-order valence-electron chi connectivity index (χ4n) is 2.50. The second-order valence-electron chi connectivity index (χ2n) is 5.57. The van der Waals surface area contributed by atoms with Crippen LogP contribution < -0.4 is 0 Å². The second kappa shape index (κ2) is 7.40. The number of aromatic nitrogens is 3. The van der Waals surface area contributed by atoms with Crippen molar-refractivity contribution in [1.82, 2.24) is 19.7 Å². The van der Waals surface area contributed by atoms with Gasteiger partial charge in [0, 0.05) is 30.7 Å². The van der Waals surface area contributed by atoms with Gasteiger partial charge in [0.2, 0.25) is 5.91 Å². The van der Waals surface area contributed by atoms with E-state index in [0.29, 0.717) is 13.0 Å². The zero-order valence-electron chi connectivity index (χ0n) is 13.8. The molecule has 0 fully saturated rings. The molecule has 0 radical (unpaired) electrons. The number of likely N-dealkylation sites (N-methyl/N-ethyl adjacent to an activating group) is 1. The van der Waals surface area contributed by atoms with Gasteiger partial charge in [-0.3, -0.25) is 9.48 Å². The molecule has 0 aliphatic carbocycles. The van der Waals surface area contributed by atoms with Crippen LogP contribution >= 0.6 is 11.3 Å². The van der Waals surface area contributed by atoms with Gasteiger partial charge in [-0.15, -0.1) is 11.3 Å². The average molecular weight is 340 g/mol. The molecule has 1 amide bonds. The van der Waals surface area contributed by atoms with Gasteiger partial charge in [-0.1, -0.05) is 30.3 Å². The maximum atomic E-state index is 12.4. The van der Waals surface area contributed by atoms with Crippen LogP contribution in [0.2, 0.25) is 0 Å². The SMILES string of the molecule is CCn1nccc1CN(C)C(=O)Cc1csc(-c2ccccc2)n1. The van der Waals surface area contributed by atoms with Crippen LogP contribution in [0.3, 0.4) is 0 Å². The lowest BCUT2D eigenvalue weighted by atomic mass is 10.2. The number of hydrogen-bond acceptors (Lipinski definition) is 4. The number of amides is 1. The summed E-state index contributed by atoms with van der Waals surface area (Å²) in [5, 5.41) is 7.15. The molecule has 0 saturated carbocycles. The van der Waals surface area contributed by atoms with Crippen LogP contribution in [0.1, 0.15) is 18.3 Å². The maximum Gasteiger partial charge on any atom is 0.228 e. The minimum atomic E-state index is 0.0590. The zero-order chi connectivity index (χ0) is 16.9. The van der Waals surface area contributed by atoms with Gasteiger partial charge >= 0.3 is 0 Å². The van der Waals surface area contributed by atoms with Crippen molar-refractivity contribution in [1.29, 1.82) is 0 Å². The average Bonchev–Trinajstić information content (AvgIpc) is 3.24. The molecule has 24 heavy (non-hydrogen) atoms. The van der Waals surface area contributed by atoms with Crippen LogP contribution in [-0.2, 0) is 24.3 Å².